The van der Waals surface area contributed by atoms with Gasteiger partial charge in [0.15, 0.2) is 0 Å². The summed E-state index contributed by atoms with van der Waals surface area (Å²) in [6.07, 6.45) is 2.37. The van der Waals surface area contributed by atoms with Crippen molar-refractivity contribution in [2.75, 3.05) is 0 Å². The second-order valence-corrected chi connectivity index (χ2v) is 4.40. The number of aryl methyl sites for hydroxylation is 2. The number of rotatable bonds is 3. The molecule has 0 fully saturated rings. The van der Waals surface area contributed by atoms with Crippen LogP contribution in [0.4, 0.5) is 0 Å². The lowest BCUT2D eigenvalue weighted by Crippen LogP contribution is -2.25. The van der Waals surface area contributed by atoms with Gasteiger partial charge >= 0.3 is 0 Å². The zero-order chi connectivity index (χ0) is 12.6. The molecule has 0 aliphatic heterocycles. The fourth-order valence-corrected chi connectivity index (χ4v) is 2.07. The molecule has 2 aromatic rings. The van der Waals surface area contributed by atoms with Crippen molar-refractivity contribution in [1.82, 2.24) is 9.55 Å². The Balaban J connectivity index is 2.63. The van der Waals surface area contributed by atoms with E-state index < -0.39 is 0 Å². The number of carbonyl (C=O) groups excluding carboxylic acids is 1. The summed E-state index contributed by atoms with van der Waals surface area (Å²) < 4.78 is 1.87. The minimum atomic E-state index is -0.317. The standard InChI is InChI=1S/C13H17N3O/c1-4-11(13(14)17)16-7-15-10-5-8(2)9(3)6-12(10)16/h5-7,11H,4H2,1-3H3,(H2,14,17). The Morgan fingerprint density at radius 2 is 2.06 bits per heavy atom. The summed E-state index contributed by atoms with van der Waals surface area (Å²) in [7, 11) is 0. The minimum Gasteiger partial charge on any atom is -0.368 e. The first-order valence-corrected chi connectivity index (χ1v) is 5.77. The number of nitrogens with zero attached hydrogens (tertiary/aromatic N) is 2. The minimum absolute atomic E-state index is 0.315. The molecular formula is C13H17N3O. The molecule has 4 nitrogen and oxygen atoms in total. The first kappa shape index (κ1) is 11.6. The van der Waals surface area contributed by atoms with Crippen molar-refractivity contribution < 1.29 is 4.79 Å². The molecule has 0 saturated heterocycles. The molecule has 1 unspecified atom stereocenters. The lowest BCUT2D eigenvalue weighted by molar-refractivity contribution is -0.121. The van der Waals surface area contributed by atoms with E-state index in [2.05, 4.69) is 24.9 Å². The Hall–Kier alpha value is -1.84. The van der Waals surface area contributed by atoms with Gasteiger partial charge in [-0.05, 0) is 43.5 Å². The molecule has 17 heavy (non-hydrogen) atoms. The van der Waals surface area contributed by atoms with Gasteiger partial charge in [-0.15, -0.1) is 0 Å². The fourth-order valence-electron chi connectivity index (χ4n) is 2.07. The predicted octanol–water partition coefficient (Wildman–Crippen LogP) is 2.09. The van der Waals surface area contributed by atoms with Crippen LogP contribution in [0.1, 0.15) is 30.5 Å². The van der Waals surface area contributed by atoms with E-state index in [0.29, 0.717) is 6.42 Å². The normalized spacial score (nSPS) is 12.9. The highest BCUT2D eigenvalue weighted by Crippen LogP contribution is 2.22. The van der Waals surface area contributed by atoms with E-state index >= 15 is 0 Å². The number of hydrogen-bond donors (Lipinski definition) is 1. The quantitative estimate of drug-likeness (QED) is 0.879. The molecule has 2 rings (SSSR count). The second kappa shape index (κ2) is 4.20. The van der Waals surface area contributed by atoms with Crippen LogP contribution in [-0.2, 0) is 4.79 Å². The molecule has 90 valence electrons. The fraction of sp³-hybridized carbons (Fsp3) is 0.385. The second-order valence-electron chi connectivity index (χ2n) is 4.40. The number of imidazole rings is 1. The highest BCUT2D eigenvalue weighted by molar-refractivity contribution is 5.83. The van der Waals surface area contributed by atoms with Gasteiger partial charge in [-0.1, -0.05) is 6.92 Å². The molecule has 1 aromatic carbocycles. The molecule has 1 atom stereocenters. The van der Waals surface area contributed by atoms with E-state index in [-0.39, 0.29) is 11.9 Å². The van der Waals surface area contributed by atoms with Gasteiger partial charge in [-0.3, -0.25) is 4.79 Å². The van der Waals surface area contributed by atoms with Gasteiger partial charge < -0.3 is 10.3 Å². The molecule has 0 spiro atoms. The Morgan fingerprint density at radius 1 is 1.41 bits per heavy atom. The van der Waals surface area contributed by atoms with Gasteiger partial charge in [-0.2, -0.15) is 0 Å². The van der Waals surface area contributed by atoms with Gasteiger partial charge in [-0.25, -0.2) is 4.98 Å². The summed E-state index contributed by atoms with van der Waals surface area (Å²) in [5.74, 6) is -0.315. The average Bonchev–Trinajstić information content (AvgIpc) is 2.63. The number of aromatic nitrogens is 2. The molecule has 0 aliphatic rings. The lowest BCUT2D eigenvalue weighted by atomic mass is 10.1. The molecule has 0 saturated carbocycles. The van der Waals surface area contributed by atoms with Gasteiger partial charge in [0.2, 0.25) is 5.91 Å². The summed E-state index contributed by atoms with van der Waals surface area (Å²) in [5, 5.41) is 0. The van der Waals surface area contributed by atoms with E-state index in [4.69, 9.17) is 5.73 Å². The van der Waals surface area contributed by atoms with E-state index in [1.165, 1.54) is 11.1 Å². The topological polar surface area (TPSA) is 60.9 Å². The summed E-state index contributed by atoms with van der Waals surface area (Å²) >= 11 is 0. The molecule has 0 aliphatic carbocycles. The highest BCUT2D eigenvalue weighted by Gasteiger charge is 2.17. The lowest BCUT2D eigenvalue weighted by Gasteiger charge is -2.14. The number of nitrogens with two attached hydrogens (primary N) is 1. The Kier molecular flexibility index (Phi) is 2.88. The smallest absolute Gasteiger partial charge is 0.240 e. The van der Waals surface area contributed by atoms with Crippen LogP contribution in [0.15, 0.2) is 18.5 Å². The number of primary amides is 1. The van der Waals surface area contributed by atoms with E-state index in [1.807, 2.05) is 17.6 Å². The molecule has 1 amide bonds. The van der Waals surface area contributed by atoms with Crippen molar-refractivity contribution in [3.05, 3.63) is 29.6 Å². The summed E-state index contributed by atoms with van der Waals surface area (Å²) in [6, 6.07) is 3.78. The summed E-state index contributed by atoms with van der Waals surface area (Å²) in [5.41, 5.74) is 9.69. The van der Waals surface area contributed by atoms with Crippen LogP contribution in [0, 0.1) is 13.8 Å². The number of carbonyl (C=O) groups is 1. The first-order valence-electron chi connectivity index (χ1n) is 5.77. The van der Waals surface area contributed by atoms with Crippen molar-refractivity contribution in [3.63, 3.8) is 0 Å². The van der Waals surface area contributed by atoms with Crippen LogP contribution in [0.25, 0.3) is 11.0 Å². The van der Waals surface area contributed by atoms with Gasteiger partial charge in [0.25, 0.3) is 0 Å². The molecule has 0 radical (unpaired) electrons. The maximum Gasteiger partial charge on any atom is 0.240 e. The van der Waals surface area contributed by atoms with Crippen LogP contribution < -0.4 is 5.73 Å². The van der Waals surface area contributed by atoms with E-state index in [1.54, 1.807) is 6.33 Å². The maximum atomic E-state index is 11.4. The molecule has 0 bridgehead atoms. The van der Waals surface area contributed by atoms with E-state index in [9.17, 15) is 4.79 Å². The number of fused-ring (bicyclic) bond motifs is 1. The average molecular weight is 231 g/mol. The number of hydrogen-bond acceptors (Lipinski definition) is 2. The monoisotopic (exact) mass is 231 g/mol. The first-order chi connectivity index (χ1) is 8.04. The van der Waals surface area contributed by atoms with Gasteiger partial charge in [0, 0.05) is 0 Å². The SMILES string of the molecule is CCC(C(N)=O)n1cnc2cc(C)c(C)cc21. The van der Waals surface area contributed by atoms with Crippen molar-refractivity contribution in [3.8, 4) is 0 Å². The molecule has 1 heterocycles. The van der Waals surface area contributed by atoms with E-state index in [0.717, 1.165) is 11.0 Å². The van der Waals surface area contributed by atoms with Gasteiger partial charge in [0.1, 0.15) is 6.04 Å². The van der Waals surface area contributed by atoms with Crippen LogP contribution in [0.5, 0.6) is 0 Å². The number of benzene rings is 1. The van der Waals surface area contributed by atoms with Crippen LogP contribution in [0.3, 0.4) is 0 Å². The predicted molar refractivity (Wildman–Crippen MR) is 67.7 cm³/mol. The van der Waals surface area contributed by atoms with Crippen molar-refractivity contribution in [1.29, 1.82) is 0 Å². The third-order valence-electron chi connectivity index (χ3n) is 3.24. The third-order valence-corrected chi connectivity index (χ3v) is 3.24. The molecule has 2 N–H and O–H groups in total. The maximum absolute atomic E-state index is 11.4. The van der Waals surface area contributed by atoms with Gasteiger partial charge in [0.05, 0.1) is 17.4 Å². The van der Waals surface area contributed by atoms with Crippen molar-refractivity contribution in [2.24, 2.45) is 5.73 Å². The largest absolute Gasteiger partial charge is 0.368 e. The zero-order valence-corrected chi connectivity index (χ0v) is 10.4. The van der Waals surface area contributed by atoms with Crippen LogP contribution in [0.2, 0.25) is 0 Å². The third kappa shape index (κ3) is 1.90. The Morgan fingerprint density at radius 3 is 2.65 bits per heavy atom. The van der Waals surface area contributed by atoms with Crippen LogP contribution >= 0.6 is 0 Å². The van der Waals surface area contributed by atoms with Crippen LogP contribution in [-0.4, -0.2) is 15.5 Å². The summed E-state index contributed by atoms with van der Waals surface area (Å²) in [4.78, 5) is 15.7. The van der Waals surface area contributed by atoms with Crippen molar-refractivity contribution >= 4 is 16.9 Å². The molecule has 4 heteroatoms. The molecular weight excluding hydrogens is 214 g/mol. The zero-order valence-electron chi connectivity index (χ0n) is 10.4. The molecule has 1 aromatic heterocycles. The summed E-state index contributed by atoms with van der Waals surface area (Å²) in [6.45, 7) is 6.05. The van der Waals surface area contributed by atoms with Crippen molar-refractivity contribution in [2.45, 2.75) is 33.2 Å². The number of amides is 1. The Bertz CT molecular complexity index is 571. The Labute approximate surface area is 100 Å². The highest BCUT2D eigenvalue weighted by atomic mass is 16.1.